The van der Waals surface area contributed by atoms with Gasteiger partial charge in [0, 0.05) is 19.3 Å². The molecule has 82 heavy (non-hydrogen) atoms. The SMILES string of the molecule is CC/C=C\C/C=C\C/C=C\C/C=C\CCCCCCCCCCCCCCCCC(=O)OC(COC(=O)CCCCCCCCCCC)COC(=O)CCCCCCCCCCCCCCCCCCCCCCCCCCCCCC. The van der Waals surface area contributed by atoms with E-state index in [2.05, 4.69) is 69.4 Å². The highest BCUT2D eigenvalue weighted by atomic mass is 16.6. The molecule has 0 radical (unpaired) electrons. The van der Waals surface area contributed by atoms with Gasteiger partial charge in [0.15, 0.2) is 6.10 Å². The van der Waals surface area contributed by atoms with Crippen molar-refractivity contribution in [2.24, 2.45) is 0 Å². The molecule has 1 atom stereocenters. The zero-order chi connectivity index (χ0) is 59.2. The molecular weight excluding hydrogens is 1010 g/mol. The highest BCUT2D eigenvalue weighted by molar-refractivity contribution is 5.71. The third kappa shape index (κ3) is 68.2. The number of esters is 3. The van der Waals surface area contributed by atoms with Gasteiger partial charge in [0.1, 0.15) is 13.2 Å². The number of hydrogen-bond donors (Lipinski definition) is 0. The Morgan fingerprint density at radius 1 is 0.256 bits per heavy atom. The van der Waals surface area contributed by atoms with E-state index in [0.29, 0.717) is 19.3 Å². The highest BCUT2D eigenvalue weighted by Crippen LogP contribution is 2.19. The van der Waals surface area contributed by atoms with E-state index in [1.165, 1.54) is 276 Å². The fourth-order valence-corrected chi connectivity index (χ4v) is 11.1. The molecule has 0 aliphatic rings. The predicted molar refractivity (Wildman–Crippen MR) is 358 cm³/mol. The van der Waals surface area contributed by atoms with E-state index in [1.54, 1.807) is 0 Å². The Hall–Kier alpha value is -2.63. The van der Waals surface area contributed by atoms with Gasteiger partial charge in [-0.3, -0.25) is 14.4 Å². The van der Waals surface area contributed by atoms with Gasteiger partial charge in [0.05, 0.1) is 0 Å². The lowest BCUT2D eigenvalue weighted by molar-refractivity contribution is -0.167. The average Bonchev–Trinajstić information content (AvgIpc) is 3.48. The number of allylic oxidation sites excluding steroid dienone is 8. The molecule has 6 nitrogen and oxygen atoms in total. The molecule has 0 fully saturated rings. The van der Waals surface area contributed by atoms with Crippen LogP contribution >= 0.6 is 0 Å². The predicted octanol–water partition coefficient (Wildman–Crippen LogP) is 25.3. The highest BCUT2D eigenvalue weighted by Gasteiger charge is 2.19. The molecule has 6 heteroatoms. The van der Waals surface area contributed by atoms with Gasteiger partial charge in [-0.1, -0.05) is 371 Å². The summed E-state index contributed by atoms with van der Waals surface area (Å²) < 4.78 is 17.0. The summed E-state index contributed by atoms with van der Waals surface area (Å²) >= 11 is 0. The van der Waals surface area contributed by atoms with Gasteiger partial charge >= 0.3 is 17.9 Å². The molecule has 0 spiro atoms. The summed E-state index contributed by atoms with van der Waals surface area (Å²) in [4.78, 5) is 38.3. The lowest BCUT2D eigenvalue weighted by Crippen LogP contribution is -2.30. The van der Waals surface area contributed by atoms with Crippen LogP contribution in [0.5, 0.6) is 0 Å². The third-order valence-electron chi connectivity index (χ3n) is 16.6. The molecule has 0 aliphatic heterocycles. The largest absolute Gasteiger partial charge is 0.462 e. The maximum Gasteiger partial charge on any atom is 0.306 e. The van der Waals surface area contributed by atoms with Crippen LogP contribution in [0.2, 0.25) is 0 Å². The Balaban J connectivity index is 4.08. The molecule has 480 valence electrons. The van der Waals surface area contributed by atoms with Crippen molar-refractivity contribution in [3.63, 3.8) is 0 Å². The van der Waals surface area contributed by atoms with Crippen LogP contribution in [-0.4, -0.2) is 37.2 Å². The van der Waals surface area contributed by atoms with Gasteiger partial charge in [-0.05, 0) is 57.8 Å². The van der Waals surface area contributed by atoms with E-state index in [-0.39, 0.29) is 31.1 Å². The van der Waals surface area contributed by atoms with Crippen molar-refractivity contribution in [2.75, 3.05) is 13.2 Å². The molecule has 0 aromatic rings. The molecule has 0 N–H and O–H groups in total. The van der Waals surface area contributed by atoms with E-state index >= 15 is 0 Å². The third-order valence-corrected chi connectivity index (χ3v) is 16.6. The average molecular weight is 1150 g/mol. The van der Waals surface area contributed by atoms with Gasteiger partial charge in [-0.15, -0.1) is 0 Å². The van der Waals surface area contributed by atoms with E-state index in [1.807, 2.05) is 0 Å². The van der Waals surface area contributed by atoms with E-state index < -0.39 is 6.10 Å². The Kier molecular flexibility index (Phi) is 68.6. The Morgan fingerprint density at radius 2 is 0.476 bits per heavy atom. The van der Waals surface area contributed by atoms with Crippen LogP contribution in [0.25, 0.3) is 0 Å². The second kappa shape index (κ2) is 70.9. The zero-order valence-corrected chi connectivity index (χ0v) is 55.3. The van der Waals surface area contributed by atoms with Crippen molar-refractivity contribution in [3.05, 3.63) is 48.6 Å². The number of ether oxygens (including phenoxy) is 3. The van der Waals surface area contributed by atoms with Crippen LogP contribution in [0.4, 0.5) is 0 Å². The molecule has 0 heterocycles. The van der Waals surface area contributed by atoms with Crippen molar-refractivity contribution in [1.82, 2.24) is 0 Å². The second-order valence-electron chi connectivity index (χ2n) is 24.8. The van der Waals surface area contributed by atoms with Gasteiger partial charge in [-0.25, -0.2) is 0 Å². The van der Waals surface area contributed by atoms with Gasteiger partial charge in [0.2, 0.25) is 0 Å². The standard InChI is InChI=1S/C76H140O6/c1-4-7-10-13-16-19-21-23-25-27-29-31-33-35-37-39-40-42-44-46-48-50-52-54-57-60-63-66-69-75(78)81-72-73(71-80-74(77)68-65-62-59-56-18-15-12-9-6-3)82-76(79)70-67-64-61-58-55-53-51-49-47-45-43-41-38-36-34-32-30-28-26-24-22-20-17-14-11-8-5-2/h8,11,17,20,24,26,30,32,73H,4-7,9-10,12-16,18-19,21-23,25,27-29,31,33-72H2,1-3H3/b11-8-,20-17-,26-24-,32-30-. The first kappa shape index (κ1) is 79.4. The van der Waals surface area contributed by atoms with Crippen LogP contribution in [0, 0.1) is 0 Å². The molecule has 1 unspecified atom stereocenters. The van der Waals surface area contributed by atoms with Gasteiger partial charge < -0.3 is 14.2 Å². The summed E-state index contributed by atoms with van der Waals surface area (Å²) in [5, 5.41) is 0. The fourth-order valence-electron chi connectivity index (χ4n) is 11.1. The van der Waals surface area contributed by atoms with Crippen molar-refractivity contribution < 1.29 is 28.6 Å². The number of unbranched alkanes of at least 4 members (excludes halogenated alkanes) is 49. The minimum absolute atomic E-state index is 0.0668. The van der Waals surface area contributed by atoms with Crippen LogP contribution in [0.1, 0.15) is 400 Å². The van der Waals surface area contributed by atoms with Crippen molar-refractivity contribution >= 4 is 17.9 Å². The van der Waals surface area contributed by atoms with Crippen LogP contribution in [0.3, 0.4) is 0 Å². The second-order valence-corrected chi connectivity index (χ2v) is 24.8. The molecule has 0 amide bonds. The summed E-state index contributed by atoms with van der Waals surface area (Å²) in [6.45, 7) is 6.58. The maximum atomic E-state index is 12.9. The van der Waals surface area contributed by atoms with E-state index in [4.69, 9.17) is 14.2 Å². The fraction of sp³-hybridized carbons (Fsp3) is 0.855. The number of carbonyl (C=O) groups is 3. The van der Waals surface area contributed by atoms with Crippen LogP contribution in [-0.2, 0) is 28.6 Å². The van der Waals surface area contributed by atoms with Crippen LogP contribution < -0.4 is 0 Å². The smallest absolute Gasteiger partial charge is 0.306 e. The maximum absolute atomic E-state index is 12.9. The zero-order valence-electron chi connectivity index (χ0n) is 55.3. The molecule has 0 aromatic heterocycles. The molecule has 0 rings (SSSR count). The summed E-state index contributed by atoms with van der Waals surface area (Å²) in [5.74, 6) is -0.842. The molecule has 0 saturated carbocycles. The quantitative estimate of drug-likeness (QED) is 0.0261. The lowest BCUT2D eigenvalue weighted by atomic mass is 10.0. The summed E-state index contributed by atoms with van der Waals surface area (Å²) in [5.41, 5.74) is 0. The number of hydrogen-bond acceptors (Lipinski definition) is 6. The normalized spacial score (nSPS) is 12.3. The number of carbonyl (C=O) groups excluding carboxylic acids is 3. The Bertz CT molecular complexity index is 1410. The minimum Gasteiger partial charge on any atom is -0.462 e. The molecule has 0 aliphatic carbocycles. The van der Waals surface area contributed by atoms with Crippen LogP contribution in [0.15, 0.2) is 48.6 Å². The topological polar surface area (TPSA) is 78.9 Å². The van der Waals surface area contributed by atoms with Gasteiger partial charge in [0.25, 0.3) is 0 Å². The molecule has 0 saturated heterocycles. The Labute approximate surface area is 511 Å². The molecule has 0 bridgehead atoms. The molecular formula is C76H140O6. The first-order valence-corrected chi connectivity index (χ1v) is 36.6. The Morgan fingerprint density at radius 3 is 0.744 bits per heavy atom. The van der Waals surface area contributed by atoms with Crippen molar-refractivity contribution in [3.8, 4) is 0 Å². The first-order chi connectivity index (χ1) is 40.5. The minimum atomic E-state index is -0.770. The number of rotatable bonds is 68. The van der Waals surface area contributed by atoms with Gasteiger partial charge in [-0.2, -0.15) is 0 Å². The first-order valence-electron chi connectivity index (χ1n) is 36.6. The van der Waals surface area contributed by atoms with Crippen molar-refractivity contribution in [1.29, 1.82) is 0 Å². The monoisotopic (exact) mass is 1150 g/mol. The summed E-state index contributed by atoms with van der Waals surface area (Å²) in [7, 11) is 0. The summed E-state index contributed by atoms with van der Waals surface area (Å²) in [6, 6.07) is 0. The summed E-state index contributed by atoms with van der Waals surface area (Å²) in [6.07, 6.45) is 90.3. The lowest BCUT2D eigenvalue weighted by Gasteiger charge is -2.18. The van der Waals surface area contributed by atoms with E-state index in [9.17, 15) is 14.4 Å². The molecule has 0 aromatic carbocycles. The van der Waals surface area contributed by atoms with Crippen molar-refractivity contribution in [2.45, 2.75) is 406 Å². The van der Waals surface area contributed by atoms with E-state index in [0.717, 1.165) is 83.5 Å².